The number of benzene rings is 2. The largest absolute Gasteiger partial charge is 0.372 e. The molecule has 2 aromatic carbocycles. The van der Waals surface area contributed by atoms with Crippen LogP contribution in [0, 0.1) is 0 Å². The topological polar surface area (TPSA) is 21.3 Å². The number of likely N-dealkylation sites (N-methyl/N-ethyl adjacent to an activating group) is 1. The van der Waals surface area contributed by atoms with Gasteiger partial charge in [-0.05, 0) is 54.3 Å². The number of hydrogen-bond acceptors (Lipinski definition) is 2. The summed E-state index contributed by atoms with van der Waals surface area (Å²) in [7, 11) is 2.01. The molecule has 0 saturated carbocycles. The standard InChI is InChI=1S/C18H21NO/c1-13(19-2)9-14-3-5-15(6-4-14)16-7-8-17-11-20-12-18(17)10-16/h3-8,10,13,19H,9,11-12H2,1-2H3. The fraction of sp³-hybridized carbons (Fsp3) is 0.333. The van der Waals surface area contributed by atoms with Gasteiger partial charge in [0.2, 0.25) is 0 Å². The van der Waals surface area contributed by atoms with Gasteiger partial charge in [-0.15, -0.1) is 0 Å². The molecule has 0 aromatic heterocycles. The zero-order valence-electron chi connectivity index (χ0n) is 12.1. The van der Waals surface area contributed by atoms with Crippen LogP contribution < -0.4 is 5.32 Å². The minimum atomic E-state index is 0.512. The van der Waals surface area contributed by atoms with E-state index in [2.05, 4.69) is 54.7 Å². The van der Waals surface area contributed by atoms with Crippen molar-refractivity contribution >= 4 is 0 Å². The lowest BCUT2D eigenvalue weighted by molar-refractivity contribution is 0.134. The molecule has 2 nitrogen and oxygen atoms in total. The quantitative estimate of drug-likeness (QED) is 0.915. The zero-order valence-corrected chi connectivity index (χ0v) is 12.1. The first-order valence-electron chi connectivity index (χ1n) is 7.22. The van der Waals surface area contributed by atoms with Crippen LogP contribution in [0.4, 0.5) is 0 Å². The summed E-state index contributed by atoms with van der Waals surface area (Å²) in [6, 6.07) is 16.0. The molecule has 0 bridgehead atoms. The van der Waals surface area contributed by atoms with Crippen molar-refractivity contribution in [3.8, 4) is 11.1 Å². The van der Waals surface area contributed by atoms with Gasteiger partial charge >= 0.3 is 0 Å². The molecule has 2 aromatic rings. The van der Waals surface area contributed by atoms with Crippen LogP contribution in [0.1, 0.15) is 23.6 Å². The van der Waals surface area contributed by atoms with Crippen LogP contribution in [0.2, 0.25) is 0 Å². The maximum absolute atomic E-state index is 5.47. The van der Waals surface area contributed by atoms with E-state index in [4.69, 9.17) is 4.74 Å². The van der Waals surface area contributed by atoms with Gasteiger partial charge in [0.1, 0.15) is 0 Å². The molecule has 1 aliphatic rings. The number of nitrogens with one attached hydrogen (secondary N) is 1. The highest BCUT2D eigenvalue weighted by molar-refractivity contribution is 5.65. The van der Waals surface area contributed by atoms with E-state index < -0.39 is 0 Å². The van der Waals surface area contributed by atoms with Crippen LogP contribution in [0.25, 0.3) is 11.1 Å². The second-order valence-electron chi connectivity index (χ2n) is 5.57. The Kier molecular flexibility index (Phi) is 3.86. The van der Waals surface area contributed by atoms with Crippen molar-refractivity contribution in [3.63, 3.8) is 0 Å². The van der Waals surface area contributed by atoms with E-state index in [9.17, 15) is 0 Å². The average Bonchev–Trinajstić information content (AvgIpc) is 2.95. The Hall–Kier alpha value is -1.64. The van der Waals surface area contributed by atoms with E-state index in [1.165, 1.54) is 27.8 Å². The molecular formula is C18H21NO. The van der Waals surface area contributed by atoms with Crippen LogP contribution in [-0.4, -0.2) is 13.1 Å². The maximum Gasteiger partial charge on any atom is 0.0725 e. The highest BCUT2D eigenvalue weighted by atomic mass is 16.5. The maximum atomic E-state index is 5.47. The van der Waals surface area contributed by atoms with Crippen LogP contribution >= 0.6 is 0 Å². The van der Waals surface area contributed by atoms with Crippen molar-refractivity contribution in [2.24, 2.45) is 0 Å². The molecule has 1 aliphatic heterocycles. The molecule has 0 spiro atoms. The molecule has 1 heterocycles. The van der Waals surface area contributed by atoms with Gasteiger partial charge in [-0.25, -0.2) is 0 Å². The first-order valence-corrected chi connectivity index (χ1v) is 7.22. The Bertz CT molecular complexity index is 589. The predicted octanol–water partition coefficient (Wildman–Crippen LogP) is 3.53. The summed E-state index contributed by atoms with van der Waals surface area (Å²) >= 11 is 0. The Labute approximate surface area is 120 Å². The summed E-state index contributed by atoms with van der Waals surface area (Å²) < 4.78 is 5.47. The summed E-state index contributed by atoms with van der Waals surface area (Å²) in [4.78, 5) is 0. The van der Waals surface area contributed by atoms with Gasteiger partial charge in [0.15, 0.2) is 0 Å². The van der Waals surface area contributed by atoms with E-state index in [0.29, 0.717) is 6.04 Å². The van der Waals surface area contributed by atoms with Crippen LogP contribution in [0.15, 0.2) is 42.5 Å². The van der Waals surface area contributed by atoms with E-state index in [1.807, 2.05) is 7.05 Å². The molecule has 1 N–H and O–H groups in total. The number of ether oxygens (including phenoxy) is 1. The van der Waals surface area contributed by atoms with E-state index >= 15 is 0 Å². The van der Waals surface area contributed by atoms with Gasteiger partial charge in [0, 0.05) is 6.04 Å². The average molecular weight is 267 g/mol. The minimum absolute atomic E-state index is 0.512. The normalized spacial score (nSPS) is 15.1. The number of hydrogen-bond donors (Lipinski definition) is 1. The van der Waals surface area contributed by atoms with Crippen molar-refractivity contribution in [2.75, 3.05) is 7.05 Å². The molecule has 3 rings (SSSR count). The summed E-state index contributed by atoms with van der Waals surface area (Å²) in [5.41, 5.74) is 6.59. The first-order chi connectivity index (χ1) is 9.76. The van der Waals surface area contributed by atoms with Gasteiger partial charge in [0.25, 0.3) is 0 Å². The molecule has 1 atom stereocenters. The zero-order chi connectivity index (χ0) is 13.9. The smallest absolute Gasteiger partial charge is 0.0725 e. The molecule has 104 valence electrons. The molecular weight excluding hydrogens is 246 g/mol. The van der Waals surface area contributed by atoms with Crippen LogP contribution in [0.3, 0.4) is 0 Å². The lowest BCUT2D eigenvalue weighted by Crippen LogP contribution is -2.23. The first kappa shape index (κ1) is 13.3. The third-order valence-corrected chi connectivity index (χ3v) is 4.04. The molecule has 2 heteroatoms. The molecule has 1 unspecified atom stereocenters. The minimum Gasteiger partial charge on any atom is -0.372 e. The van der Waals surface area contributed by atoms with Crippen molar-refractivity contribution in [1.29, 1.82) is 0 Å². The third kappa shape index (κ3) is 2.77. The lowest BCUT2D eigenvalue weighted by atomic mass is 9.98. The predicted molar refractivity (Wildman–Crippen MR) is 82.6 cm³/mol. The van der Waals surface area contributed by atoms with E-state index in [1.54, 1.807) is 0 Å². The molecule has 0 aliphatic carbocycles. The van der Waals surface area contributed by atoms with Gasteiger partial charge in [0.05, 0.1) is 13.2 Å². The Morgan fingerprint density at radius 2 is 1.70 bits per heavy atom. The summed E-state index contributed by atoms with van der Waals surface area (Å²) in [5.74, 6) is 0. The lowest BCUT2D eigenvalue weighted by Gasteiger charge is -2.11. The van der Waals surface area contributed by atoms with Gasteiger partial charge < -0.3 is 10.1 Å². The second kappa shape index (κ2) is 5.78. The number of fused-ring (bicyclic) bond motifs is 1. The van der Waals surface area contributed by atoms with Crippen molar-refractivity contribution < 1.29 is 4.74 Å². The fourth-order valence-electron chi connectivity index (χ4n) is 2.64. The van der Waals surface area contributed by atoms with Crippen molar-refractivity contribution in [1.82, 2.24) is 5.32 Å². The van der Waals surface area contributed by atoms with Crippen LogP contribution in [-0.2, 0) is 24.4 Å². The number of rotatable bonds is 4. The third-order valence-electron chi connectivity index (χ3n) is 4.04. The molecule has 0 amide bonds. The van der Waals surface area contributed by atoms with Crippen LogP contribution in [0.5, 0.6) is 0 Å². The highest BCUT2D eigenvalue weighted by Gasteiger charge is 2.11. The van der Waals surface area contributed by atoms with Gasteiger partial charge in [-0.3, -0.25) is 0 Å². The molecule has 0 radical (unpaired) electrons. The monoisotopic (exact) mass is 267 g/mol. The van der Waals surface area contributed by atoms with Gasteiger partial charge in [-0.1, -0.05) is 36.4 Å². The Morgan fingerprint density at radius 3 is 2.45 bits per heavy atom. The Morgan fingerprint density at radius 1 is 1.00 bits per heavy atom. The fourth-order valence-corrected chi connectivity index (χ4v) is 2.64. The van der Waals surface area contributed by atoms with E-state index in [0.717, 1.165) is 19.6 Å². The van der Waals surface area contributed by atoms with E-state index in [-0.39, 0.29) is 0 Å². The second-order valence-corrected chi connectivity index (χ2v) is 5.57. The van der Waals surface area contributed by atoms with Crippen molar-refractivity contribution in [3.05, 3.63) is 59.2 Å². The highest BCUT2D eigenvalue weighted by Crippen LogP contribution is 2.27. The summed E-state index contributed by atoms with van der Waals surface area (Å²) in [6.45, 7) is 3.71. The molecule has 0 fully saturated rings. The van der Waals surface area contributed by atoms with Gasteiger partial charge in [-0.2, -0.15) is 0 Å². The molecule has 0 saturated heterocycles. The SMILES string of the molecule is CNC(C)Cc1ccc(-c2ccc3c(c2)COC3)cc1. The molecule has 20 heavy (non-hydrogen) atoms. The Balaban J connectivity index is 1.80. The van der Waals surface area contributed by atoms with Crippen molar-refractivity contribution in [2.45, 2.75) is 32.6 Å². The summed E-state index contributed by atoms with van der Waals surface area (Å²) in [6.07, 6.45) is 1.06. The summed E-state index contributed by atoms with van der Waals surface area (Å²) in [5, 5.41) is 3.27.